The van der Waals surface area contributed by atoms with Crippen LogP contribution in [-0.4, -0.2) is 23.3 Å². The molecule has 4 N–H and O–H groups in total. The van der Waals surface area contributed by atoms with Crippen molar-refractivity contribution in [3.8, 4) is 11.3 Å². The highest BCUT2D eigenvalue weighted by Crippen LogP contribution is 2.30. The number of nitrogens with zero attached hydrogens (tertiary/aromatic N) is 3. The van der Waals surface area contributed by atoms with Crippen molar-refractivity contribution < 1.29 is 8.42 Å². The van der Waals surface area contributed by atoms with Crippen molar-refractivity contribution in [3.63, 3.8) is 0 Å². The van der Waals surface area contributed by atoms with E-state index in [2.05, 4.69) is 9.98 Å². The first kappa shape index (κ1) is 16.2. The molecule has 24 heavy (non-hydrogen) atoms. The summed E-state index contributed by atoms with van der Waals surface area (Å²) in [5.74, 6) is -0.0724. The number of benzene rings is 1. The topological polar surface area (TPSA) is 116 Å². The second-order valence-electron chi connectivity index (χ2n) is 4.98. The first-order chi connectivity index (χ1) is 11.4. The summed E-state index contributed by atoms with van der Waals surface area (Å²) >= 11 is 1.28. The summed E-state index contributed by atoms with van der Waals surface area (Å²) in [6.07, 6.45) is 1.52. The largest absolute Gasteiger partial charge is 0.370 e. The fraction of sp³-hybridized carbons (Fsp3) is 0.0667. The van der Waals surface area contributed by atoms with Gasteiger partial charge >= 0.3 is 0 Å². The van der Waals surface area contributed by atoms with Crippen molar-refractivity contribution in [2.24, 2.45) is 16.5 Å². The molecule has 7 nitrogen and oxygen atoms in total. The van der Waals surface area contributed by atoms with Gasteiger partial charge in [0.1, 0.15) is 0 Å². The summed E-state index contributed by atoms with van der Waals surface area (Å²) in [6, 6.07) is 9.99. The molecule has 1 aromatic carbocycles. The molecule has 0 spiro atoms. The van der Waals surface area contributed by atoms with Crippen molar-refractivity contribution in [1.29, 1.82) is 0 Å². The van der Waals surface area contributed by atoms with Crippen LogP contribution in [0.4, 0.5) is 5.13 Å². The molecular weight excluding hydrogens is 346 g/mol. The Morgan fingerprint density at radius 2 is 1.92 bits per heavy atom. The van der Waals surface area contributed by atoms with Gasteiger partial charge in [0.2, 0.25) is 5.13 Å². The van der Waals surface area contributed by atoms with Crippen LogP contribution in [0.1, 0.15) is 5.69 Å². The first-order valence-corrected chi connectivity index (χ1v) is 9.25. The fourth-order valence-electron chi connectivity index (χ4n) is 2.28. The Morgan fingerprint density at radius 1 is 1.21 bits per heavy atom. The number of aromatic nitrogens is 2. The highest BCUT2D eigenvalue weighted by Gasteiger charge is 2.21. The Morgan fingerprint density at radius 3 is 2.58 bits per heavy atom. The van der Waals surface area contributed by atoms with Gasteiger partial charge in [0.15, 0.2) is 5.96 Å². The van der Waals surface area contributed by atoms with Gasteiger partial charge in [-0.1, -0.05) is 18.2 Å². The molecule has 2 heterocycles. The molecule has 0 fully saturated rings. The second kappa shape index (κ2) is 6.10. The maximum atomic E-state index is 12.7. The Hall–Kier alpha value is -2.65. The van der Waals surface area contributed by atoms with Crippen LogP contribution >= 0.6 is 11.3 Å². The van der Waals surface area contributed by atoms with Crippen molar-refractivity contribution in [3.05, 3.63) is 53.7 Å². The van der Waals surface area contributed by atoms with Crippen molar-refractivity contribution in [1.82, 2.24) is 8.96 Å². The molecule has 3 rings (SSSR count). The quantitative estimate of drug-likeness (QED) is 0.545. The minimum Gasteiger partial charge on any atom is -0.370 e. The lowest BCUT2D eigenvalue weighted by Crippen LogP contribution is -2.21. The molecule has 0 amide bonds. The van der Waals surface area contributed by atoms with E-state index in [1.54, 1.807) is 48.7 Å². The molecule has 0 atom stereocenters. The van der Waals surface area contributed by atoms with E-state index in [0.717, 1.165) is 0 Å². The molecule has 0 bridgehead atoms. The average molecular weight is 361 g/mol. The van der Waals surface area contributed by atoms with Crippen LogP contribution in [0, 0.1) is 6.92 Å². The highest BCUT2D eigenvalue weighted by molar-refractivity contribution is 7.90. The summed E-state index contributed by atoms with van der Waals surface area (Å²) in [7, 11) is -3.64. The lowest BCUT2D eigenvalue weighted by atomic mass is 10.2. The second-order valence-corrected chi connectivity index (χ2v) is 7.63. The predicted octanol–water partition coefficient (Wildman–Crippen LogP) is 2.06. The Bertz CT molecular complexity index is 1000. The zero-order valence-corrected chi connectivity index (χ0v) is 14.4. The van der Waals surface area contributed by atoms with Crippen LogP contribution in [0.15, 0.2) is 57.9 Å². The van der Waals surface area contributed by atoms with Gasteiger partial charge in [-0.2, -0.15) is 4.99 Å². The van der Waals surface area contributed by atoms with Crippen LogP contribution in [0.25, 0.3) is 11.3 Å². The maximum absolute atomic E-state index is 12.7. The highest BCUT2D eigenvalue weighted by atomic mass is 32.2. The number of hydrogen-bond acceptors (Lipinski definition) is 5. The molecule has 0 aliphatic heterocycles. The van der Waals surface area contributed by atoms with Gasteiger partial charge in [-0.3, -0.25) is 0 Å². The van der Waals surface area contributed by atoms with Crippen LogP contribution in [0.3, 0.4) is 0 Å². The molecule has 0 radical (unpaired) electrons. The van der Waals surface area contributed by atoms with Gasteiger partial charge < -0.3 is 11.5 Å². The van der Waals surface area contributed by atoms with E-state index in [9.17, 15) is 8.42 Å². The molecule has 0 saturated carbocycles. The number of hydrogen-bond donors (Lipinski definition) is 2. The molecule has 124 valence electrons. The third-order valence-corrected chi connectivity index (χ3v) is 5.91. The van der Waals surface area contributed by atoms with Crippen molar-refractivity contribution in [2.75, 3.05) is 0 Å². The normalized spacial score (nSPS) is 11.4. The summed E-state index contributed by atoms with van der Waals surface area (Å²) in [4.78, 5) is 8.44. The summed E-state index contributed by atoms with van der Waals surface area (Å²) < 4.78 is 26.7. The van der Waals surface area contributed by atoms with Gasteiger partial charge in [0.05, 0.1) is 10.6 Å². The van der Waals surface area contributed by atoms with E-state index < -0.39 is 10.0 Å². The lowest BCUT2D eigenvalue weighted by Gasteiger charge is -2.08. The number of rotatable bonds is 4. The Labute approximate surface area is 143 Å². The van der Waals surface area contributed by atoms with Crippen LogP contribution < -0.4 is 11.5 Å². The van der Waals surface area contributed by atoms with Gasteiger partial charge in [-0.05, 0) is 25.1 Å². The molecule has 2 aromatic heterocycles. The van der Waals surface area contributed by atoms with Gasteiger partial charge in [-0.15, -0.1) is 11.3 Å². The zero-order chi connectivity index (χ0) is 17.3. The third kappa shape index (κ3) is 2.91. The number of aliphatic imine (C=N–C) groups is 1. The maximum Gasteiger partial charge on any atom is 0.267 e. The fourth-order valence-corrected chi connectivity index (χ4v) is 4.39. The van der Waals surface area contributed by atoms with Crippen LogP contribution in [0.5, 0.6) is 0 Å². The van der Waals surface area contributed by atoms with Crippen molar-refractivity contribution in [2.45, 2.75) is 11.8 Å². The van der Waals surface area contributed by atoms with E-state index in [-0.39, 0.29) is 10.9 Å². The number of thiazole rings is 1. The first-order valence-electron chi connectivity index (χ1n) is 6.93. The zero-order valence-electron chi connectivity index (χ0n) is 12.7. The van der Waals surface area contributed by atoms with E-state index in [0.29, 0.717) is 22.1 Å². The molecule has 0 aliphatic carbocycles. The number of nitrogens with two attached hydrogens (primary N) is 2. The van der Waals surface area contributed by atoms with E-state index >= 15 is 0 Å². The molecule has 0 saturated heterocycles. The SMILES string of the molecule is Cc1c(-c2csc(N=C(N)N)n2)ccn1S(=O)(=O)c1ccccc1. The van der Waals surface area contributed by atoms with Gasteiger partial charge in [-0.25, -0.2) is 17.4 Å². The minimum atomic E-state index is -3.64. The monoisotopic (exact) mass is 361 g/mol. The molecule has 0 unspecified atom stereocenters. The van der Waals surface area contributed by atoms with E-state index in [1.165, 1.54) is 21.5 Å². The van der Waals surface area contributed by atoms with Gasteiger partial charge in [0, 0.05) is 22.8 Å². The number of guanidine groups is 1. The van der Waals surface area contributed by atoms with Crippen LogP contribution in [-0.2, 0) is 10.0 Å². The summed E-state index contributed by atoms with van der Waals surface area (Å²) in [5, 5.41) is 2.20. The van der Waals surface area contributed by atoms with Crippen molar-refractivity contribution >= 4 is 32.5 Å². The predicted molar refractivity (Wildman–Crippen MR) is 94.8 cm³/mol. The average Bonchev–Trinajstić information content (AvgIpc) is 3.14. The van der Waals surface area contributed by atoms with E-state index in [4.69, 9.17) is 11.5 Å². The van der Waals surface area contributed by atoms with E-state index in [1.807, 2.05) is 0 Å². The standard InChI is InChI=1S/C15H15N5O2S2/c1-10-12(13-9-23-15(18-13)19-14(16)17)7-8-20(10)24(21,22)11-5-3-2-4-6-11/h2-9H,1H3,(H4,16,17,18,19). The summed E-state index contributed by atoms with van der Waals surface area (Å²) in [5.41, 5.74) is 12.6. The summed E-state index contributed by atoms with van der Waals surface area (Å²) in [6.45, 7) is 1.73. The van der Waals surface area contributed by atoms with Gasteiger partial charge in [0.25, 0.3) is 10.0 Å². The third-order valence-electron chi connectivity index (χ3n) is 3.39. The lowest BCUT2D eigenvalue weighted by molar-refractivity contribution is 0.586. The Kier molecular flexibility index (Phi) is 4.12. The molecular formula is C15H15N5O2S2. The molecule has 0 aliphatic rings. The molecule has 3 aromatic rings. The van der Waals surface area contributed by atoms with Crippen LogP contribution in [0.2, 0.25) is 0 Å². The Balaban J connectivity index is 2.04. The molecule has 9 heteroatoms. The minimum absolute atomic E-state index is 0.0724. The smallest absolute Gasteiger partial charge is 0.267 e.